The number of hydrogen-bond donors (Lipinski definition) is 0. The molecule has 0 aromatic carbocycles. The first-order chi connectivity index (χ1) is 11.2. The summed E-state index contributed by atoms with van der Waals surface area (Å²) in [5, 5.41) is 9.01. The molecule has 5 heteroatoms. The zero-order valence-electron chi connectivity index (χ0n) is 13.3. The minimum absolute atomic E-state index is 0.526. The quantitative estimate of drug-likeness (QED) is 0.543. The van der Waals surface area contributed by atoms with Gasteiger partial charge in [-0.05, 0) is 43.6 Å². The molecule has 0 spiro atoms. The van der Waals surface area contributed by atoms with Gasteiger partial charge in [0.05, 0.1) is 17.1 Å². The predicted molar refractivity (Wildman–Crippen MR) is 101 cm³/mol. The van der Waals surface area contributed by atoms with E-state index in [0.29, 0.717) is 12.5 Å². The fraction of sp³-hybridized carbons (Fsp3) is 0.333. The lowest BCUT2D eigenvalue weighted by molar-refractivity contribution is 0.621. The molecule has 0 N–H and O–H groups in total. The van der Waals surface area contributed by atoms with Gasteiger partial charge in [0.25, 0.3) is 0 Å². The standard InChI is InChI=1S/C18H21N3S2/c1-14(2)11-19-18-21(20-12-15-7-4-3-5-8-15)16(13-23-18)17-9-6-10-22-17/h3-4,6,9-10,12-13,15H,1,5,7-8,11H2,2H3. The predicted octanol–water partition coefficient (Wildman–Crippen LogP) is 4.95. The van der Waals surface area contributed by atoms with Crippen LogP contribution in [-0.2, 0) is 0 Å². The zero-order valence-corrected chi connectivity index (χ0v) is 14.9. The molecule has 23 heavy (non-hydrogen) atoms. The van der Waals surface area contributed by atoms with Crippen molar-refractivity contribution in [2.75, 3.05) is 6.54 Å². The van der Waals surface area contributed by atoms with Crippen LogP contribution in [0.2, 0.25) is 0 Å². The molecule has 3 rings (SSSR count). The van der Waals surface area contributed by atoms with E-state index in [1.165, 1.54) is 11.3 Å². The molecule has 120 valence electrons. The monoisotopic (exact) mass is 343 g/mol. The van der Waals surface area contributed by atoms with Crippen LogP contribution in [0.1, 0.15) is 26.2 Å². The van der Waals surface area contributed by atoms with Gasteiger partial charge in [0.1, 0.15) is 0 Å². The molecule has 0 saturated heterocycles. The van der Waals surface area contributed by atoms with Crippen molar-refractivity contribution in [3.63, 3.8) is 0 Å². The third kappa shape index (κ3) is 4.18. The average molecular weight is 344 g/mol. The first-order valence-corrected chi connectivity index (χ1v) is 9.58. The van der Waals surface area contributed by atoms with E-state index >= 15 is 0 Å². The van der Waals surface area contributed by atoms with Crippen molar-refractivity contribution < 1.29 is 0 Å². The minimum Gasteiger partial charge on any atom is -0.253 e. The number of aromatic nitrogens is 1. The maximum absolute atomic E-state index is 4.78. The summed E-state index contributed by atoms with van der Waals surface area (Å²) in [6, 6.07) is 4.20. The Labute approximate surface area is 145 Å². The summed E-state index contributed by atoms with van der Waals surface area (Å²) in [4.78, 5) is 6.81. The first-order valence-electron chi connectivity index (χ1n) is 7.83. The van der Waals surface area contributed by atoms with Crippen molar-refractivity contribution in [1.29, 1.82) is 0 Å². The molecule has 1 aliphatic carbocycles. The molecule has 1 aliphatic rings. The van der Waals surface area contributed by atoms with E-state index in [-0.39, 0.29) is 0 Å². The highest BCUT2D eigenvalue weighted by molar-refractivity contribution is 7.14. The fourth-order valence-corrected chi connectivity index (χ4v) is 4.06. The SMILES string of the molecule is C=C(C)CN=c1scc(-c2cccs2)n1N=CC1CC=CCC1. The number of nitrogens with zero attached hydrogens (tertiary/aromatic N) is 3. The summed E-state index contributed by atoms with van der Waals surface area (Å²) < 4.78 is 1.98. The second-order valence-corrected chi connectivity index (χ2v) is 7.56. The molecular weight excluding hydrogens is 322 g/mol. The molecular formula is C18H21N3S2. The van der Waals surface area contributed by atoms with E-state index in [2.05, 4.69) is 52.8 Å². The lowest BCUT2D eigenvalue weighted by Gasteiger charge is -2.12. The Morgan fingerprint density at radius 3 is 3.04 bits per heavy atom. The Hall–Kier alpha value is -1.72. The third-order valence-corrected chi connectivity index (χ3v) is 5.39. The van der Waals surface area contributed by atoms with E-state index in [1.54, 1.807) is 22.7 Å². The van der Waals surface area contributed by atoms with E-state index < -0.39 is 0 Å². The van der Waals surface area contributed by atoms with Gasteiger partial charge in [-0.25, -0.2) is 4.68 Å². The van der Waals surface area contributed by atoms with E-state index in [1.807, 2.05) is 11.6 Å². The molecule has 0 aliphatic heterocycles. The lowest BCUT2D eigenvalue weighted by Crippen LogP contribution is -2.14. The van der Waals surface area contributed by atoms with Gasteiger partial charge in [-0.15, -0.1) is 22.7 Å². The highest BCUT2D eigenvalue weighted by Crippen LogP contribution is 2.25. The Kier molecular flexibility index (Phi) is 5.41. The first kappa shape index (κ1) is 16.1. The van der Waals surface area contributed by atoms with Crippen LogP contribution in [0.15, 0.2) is 57.3 Å². The van der Waals surface area contributed by atoms with Crippen molar-refractivity contribution in [2.45, 2.75) is 26.2 Å². The van der Waals surface area contributed by atoms with Crippen LogP contribution in [0.3, 0.4) is 0 Å². The van der Waals surface area contributed by atoms with E-state index in [4.69, 9.17) is 5.10 Å². The van der Waals surface area contributed by atoms with Crippen molar-refractivity contribution in [2.24, 2.45) is 16.0 Å². The normalized spacial score (nSPS) is 18.8. The number of allylic oxidation sites excluding steroid dienone is 2. The van der Waals surface area contributed by atoms with Gasteiger partial charge >= 0.3 is 0 Å². The van der Waals surface area contributed by atoms with Crippen LogP contribution in [0, 0.1) is 5.92 Å². The summed E-state index contributed by atoms with van der Waals surface area (Å²) in [5.74, 6) is 0.526. The van der Waals surface area contributed by atoms with Gasteiger partial charge in [-0.3, -0.25) is 4.99 Å². The molecule has 0 amide bonds. The van der Waals surface area contributed by atoms with Crippen molar-refractivity contribution in [3.8, 4) is 10.6 Å². The Bertz CT molecular complexity index is 776. The van der Waals surface area contributed by atoms with Crippen LogP contribution >= 0.6 is 22.7 Å². The Balaban J connectivity index is 1.95. The van der Waals surface area contributed by atoms with E-state index in [0.717, 1.165) is 28.9 Å². The average Bonchev–Trinajstić information content (AvgIpc) is 3.21. The van der Waals surface area contributed by atoms with Crippen LogP contribution in [0.4, 0.5) is 0 Å². The Morgan fingerprint density at radius 2 is 2.35 bits per heavy atom. The smallest absolute Gasteiger partial charge is 0.206 e. The lowest BCUT2D eigenvalue weighted by atomic mass is 9.96. The summed E-state index contributed by atoms with van der Waals surface area (Å²) in [7, 11) is 0. The molecule has 3 nitrogen and oxygen atoms in total. The van der Waals surface area contributed by atoms with Gasteiger partial charge in [0, 0.05) is 11.6 Å². The van der Waals surface area contributed by atoms with Gasteiger partial charge in [-0.2, -0.15) is 5.10 Å². The maximum atomic E-state index is 4.78. The Morgan fingerprint density at radius 1 is 1.43 bits per heavy atom. The number of rotatable bonds is 5. The molecule has 2 aromatic heterocycles. The molecule has 1 atom stereocenters. The number of thiophene rings is 1. The second-order valence-electron chi connectivity index (χ2n) is 5.78. The molecule has 0 radical (unpaired) electrons. The van der Waals surface area contributed by atoms with Crippen molar-refractivity contribution >= 4 is 28.9 Å². The van der Waals surface area contributed by atoms with Crippen LogP contribution in [0.25, 0.3) is 10.6 Å². The number of thiazole rings is 1. The summed E-state index contributed by atoms with van der Waals surface area (Å²) in [5.41, 5.74) is 2.18. The largest absolute Gasteiger partial charge is 0.253 e. The van der Waals surface area contributed by atoms with Crippen molar-refractivity contribution in [1.82, 2.24) is 4.68 Å². The van der Waals surface area contributed by atoms with Gasteiger partial charge in [0.2, 0.25) is 4.80 Å². The van der Waals surface area contributed by atoms with Gasteiger partial charge in [0.15, 0.2) is 0 Å². The van der Waals surface area contributed by atoms with Crippen molar-refractivity contribution in [3.05, 3.63) is 52.0 Å². The maximum Gasteiger partial charge on any atom is 0.206 e. The fourth-order valence-electron chi connectivity index (χ4n) is 2.43. The van der Waals surface area contributed by atoms with E-state index in [9.17, 15) is 0 Å². The molecule has 2 heterocycles. The zero-order chi connectivity index (χ0) is 16.1. The molecule has 2 aromatic rings. The van der Waals surface area contributed by atoms with Crippen LogP contribution in [0.5, 0.6) is 0 Å². The molecule has 0 bridgehead atoms. The summed E-state index contributed by atoms with van der Waals surface area (Å²) in [6.45, 7) is 6.58. The van der Waals surface area contributed by atoms with Crippen LogP contribution in [-0.4, -0.2) is 17.4 Å². The molecule has 0 fully saturated rings. The second kappa shape index (κ2) is 7.70. The van der Waals surface area contributed by atoms with Gasteiger partial charge in [-0.1, -0.05) is 30.4 Å². The highest BCUT2D eigenvalue weighted by atomic mass is 32.1. The number of hydrogen-bond acceptors (Lipinski definition) is 4. The molecule has 0 saturated carbocycles. The summed E-state index contributed by atoms with van der Waals surface area (Å²) >= 11 is 3.37. The summed E-state index contributed by atoms with van der Waals surface area (Å²) in [6.07, 6.45) is 10.0. The van der Waals surface area contributed by atoms with Gasteiger partial charge < -0.3 is 0 Å². The molecule has 1 unspecified atom stereocenters. The van der Waals surface area contributed by atoms with Crippen LogP contribution < -0.4 is 4.80 Å². The highest BCUT2D eigenvalue weighted by Gasteiger charge is 2.10. The third-order valence-electron chi connectivity index (χ3n) is 3.65. The topological polar surface area (TPSA) is 29.6 Å². The minimum atomic E-state index is 0.526.